The second-order valence-corrected chi connectivity index (χ2v) is 7.81. The Hall–Kier alpha value is -1.36. The maximum absolute atomic E-state index is 12.0. The predicted molar refractivity (Wildman–Crippen MR) is 82.8 cm³/mol. The number of hydrogen-bond donors (Lipinski definition) is 1. The molecule has 1 amide bonds. The van der Waals surface area contributed by atoms with Gasteiger partial charge in [0.25, 0.3) is 0 Å². The molecule has 4 nitrogen and oxygen atoms in total. The lowest BCUT2D eigenvalue weighted by Gasteiger charge is -2.20. The van der Waals surface area contributed by atoms with Gasteiger partial charge in [-0.2, -0.15) is 0 Å². The van der Waals surface area contributed by atoms with Crippen LogP contribution >= 0.6 is 0 Å². The van der Waals surface area contributed by atoms with Crippen molar-refractivity contribution in [3.05, 3.63) is 29.8 Å². The molecular formula is C16H23NO3S. The van der Waals surface area contributed by atoms with Gasteiger partial charge in [0.2, 0.25) is 5.91 Å². The summed E-state index contributed by atoms with van der Waals surface area (Å²) in [4.78, 5) is 12.3. The van der Waals surface area contributed by atoms with Crippen molar-refractivity contribution in [2.75, 3.05) is 12.8 Å². The number of nitrogens with one attached hydrogen (secondary N) is 1. The fraction of sp³-hybridized carbons (Fsp3) is 0.562. The molecule has 0 saturated heterocycles. The first-order valence-corrected chi connectivity index (χ1v) is 9.42. The summed E-state index contributed by atoms with van der Waals surface area (Å²) in [6.45, 7) is 0.605. The van der Waals surface area contributed by atoms with Crippen LogP contribution in [0.2, 0.25) is 0 Å². The third kappa shape index (κ3) is 4.84. The normalized spacial score (nSPS) is 16.6. The fourth-order valence-electron chi connectivity index (χ4n) is 2.74. The van der Waals surface area contributed by atoms with Gasteiger partial charge in [0.15, 0.2) is 9.84 Å². The molecule has 0 heterocycles. The lowest BCUT2D eigenvalue weighted by molar-refractivity contribution is -0.125. The molecule has 116 valence electrons. The second kappa shape index (κ2) is 7.07. The fourth-order valence-corrected chi connectivity index (χ4v) is 3.37. The van der Waals surface area contributed by atoms with Gasteiger partial charge in [-0.1, -0.05) is 31.4 Å². The van der Waals surface area contributed by atoms with Crippen LogP contribution in [0.3, 0.4) is 0 Å². The zero-order valence-corrected chi connectivity index (χ0v) is 13.3. The summed E-state index contributed by atoms with van der Waals surface area (Å²) < 4.78 is 22.7. The largest absolute Gasteiger partial charge is 0.356 e. The monoisotopic (exact) mass is 309 g/mol. The van der Waals surface area contributed by atoms with Crippen molar-refractivity contribution in [2.24, 2.45) is 5.92 Å². The smallest absolute Gasteiger partial charge is 0.223 e. The van der Waals surface area contributed by atoms with E-state index in [9.17, 15) is 13.2 Å². The van der Waals surface area contributed by atoms with E-state index in [1.165, 1.54) is 12.7 Å². The summed E-state index contributed by atoms with van der Waals surface area (Å²) in [5.41, 5.74) is 1.03. The molecule has 0 spiro atoms. The van der Waals surface area contributed by atoms with Crippen LogP contribution in [0.25, 0.3) is 0 Å². The summed E-state index contributed by atoms with van der Waals surface area (Å²) in [6, 6.07) is 6.85. The van der Waals surface area contributed by atoms with Gasteiger partial charge in [-0.05, 0) is 37.0 Å². The molecular weight excluding hydrogens is 286 g/mol. The van der Waals surface area contributed by atoms with E-state index < -0.39 is 9.84 Å². The maximum atomic E-state index is 12.0. The van der Waals surface area contributed by atoms with E-state index in [2.05, 4.69) is 5.32 Å². The maximum Gasteiger partial charge on any atom is 0.223 e. The van der Waals surface area contributed by atoms with Crippen LogP contribution in [-0.2, 0) is 21.1 Å². The molecule has 1 fully saturated rings. The average Bonchev–Trinajstić information content (AvgIpc) is 2.47. The van der Waals surface area contributed by atoms with Crippen LogP contribution in [0.5, 0.6) is 0 Å². The Balaban J connectivity index is 1.79. The Kier molecular flexibility index (Phi) is 5.39. The van der Waals surface area contributed by atoms with Gasteiger partial charge in [-0.3, -0.25) is 4.79 Å². The summed E-state index contributed by atoms with van der Waals surface area (Å²) in [5.74, 6) is 0.355. The van der Waals surface area contributed by atoms with Gasteiger partial charge in [0, 0.05) is 18.7 Å². The number of carbonyl (C=O) groups excluding carboxylic acids is 1. The van der Waals surface area contributed by atoms with Crippen LogP contribution in [0.1, 0.15) is 37.7 Å². The van der Waals surface area contributed by atoms with Gasteiger partial charge in [-0.25, -0.2) is 8.42 Å². The van der Waals surface area contributed by atoms with E-state index in [4.69, 9.17) is 0 Å². The molecule has 0 bridgehead atoms. The standard InChI is InChI=1S/C16H23NO3S/c1-21(19,20)15-9-7-13(8-10-15)11-12-17-16(18)14-5-3-2-4-6-14/h7-10,14H,2-6,11-12H2,1H3,(H,17,18). The molecule has 1 aromatic rings. The lowest BCUT2D eigenvalue weighted by Crippen LogP contribution is -2.33. The summed E-state index contributed by atoms with van der Waals surface area (Å²) in [7, 11) is -3.14. The number of carbonyl (C=O) groups is 1. The SMILES string of the molecule is CS(=O)(=O)c1ccc(CCNC(=O)C2CCCCC2)cc1. The van der Waals surface area contributed by atoms with Crippen molar-refractivity contribution in [1.29, 1.82) is 0 Å². The van der Waals surface area contributed by atoms with Crippen LogP contribution < -0.4 is 5.32 Å². The predicted octanol–water partition coefficient (Wildman–Crippen LogP) is 2.33. The van der Waals surface area contributed by atoms with Crippen molar-refractivity contribution >= 4 is 15.7 Å². The Morgan fingerprint density at radius 3 is 2.33 bits per heavy atom. The number of hydrogen-bond acceptors (Lipinski definition) is 3. The van der Waals surface area contributed by atoms with Gasteiger partial charge < -0.3 is 5.32 Å². The number of amides is 1. The number of rotatable bonds is 5. The molecule has 5 heteroatoms. The van der Waals surface area contributed by atoms with Gasteiger partial charge in [0.1, 0.15) is 0 Å². The van der Waals surface area contributed by atoms with Crippen LogP contribution in [-0.4, -0.2) is 27.1 Å². The molecule has 0 atom stereocenters. The van der Waals surface area contributed by atoms with E-state index in [1.807, 2.05) is 12.1 Å². The van der Waals surface area contributed by atoms with E-state index >= 15 is 0 Å². The Morgan fingerprint density at radius 1 is 1.14 bits per heavy atom. The van der Waals surface area contributed by atoms with Gasteiger partial charge in [0.05, 0.1) is 4.90 Å². The highest BCUT2D eigenvalue weighted by molar-refractivity contribution is 7.90. The van der Waals surface area contributed by atoms with E-state index in [0.717, 1.165) is 37.7 Å². The zero-order chi connectivity index (χ0) is 15.3. The van der Waals surface area contributed by atoms with Crippen molar-refractivity contribution < 1.29 is 13.2 Å². The molecule has 1 aliphatic carbocycles. The molecule has 0 aromatic heterocycles. The van der Waals surface area contributed by atoms with E-state index in [-0.39, 0.29) is 11.8 Å². The van der Waals surface area contributed by atoms with Crippen molar-refractivity contribution in [3.63, 3.8) is 0 Å². The minimum Gasteiger partial charge on any atom is -0.356 e. The Morgan fingerprint density at radius 2 is 1.76 bits per heavy atom. The van der Waals surface area contributed by atoms with Gasteiger partial charge >= 0.3 is 0 Å². The molecule has 2 rings (SSSR count). The first-order valence-electron chi connectivity index (χ1n) is 7.53. The molecule has 0 aliphatic heterocycles. The molecule has 1 N–H and O–H groups in total. The number of sulfone groups is 1. The van der Waals surface area contributed by atoms with Crippen LogP contribution in [0.15, 0.2) is 29.2 Å². The van der Waals surface area contributed by atoms with Crippen molar-refractivity contribution in [2.45, 2.75) is 43.4 Å². The Labute approximate surface area is 126 Å². The van der Waals surface area contributed by atoms with Gasteiger partial charge in [-0.15, -0.1) is 0 Å². The minimum absolute atomic E-state index is 0.169. The minimum atomic E-state index is -3.14. The molecule has 0 radical (unpaired) electrons. The summed E-state index contributed by atoms with van der Waals surface area (Å²) in [5, 5.41) is 2.99. The van der Waals surface area contributed by atoms with Crippen molar-refractivity contribution in [3.8, 4) is 0 Å². The van der Waals surface area contributed by atoms with E-state index in [1.54, 1.807) is 12.1 Å². The molecule has 21 heavy (non-hydrogen) atoms. The summed E-state index contributed by atoms with van der Waals surface area (Å²) in [6.07, 6.45) is 7.51. The third-order valence-corrected chi connectivity index (χ3v) is 5.17. The number of benzene rings is 1. The zero-order valence-electron chi connectivity index (χ0n) is 12.5. The molecule has 1 aliphatic rings. The lowest BCUT2D eigenvalue weighted by atomic mass is 9.88. The highest BCUT2D eigenvalue weighted by Crippen LogP contribution is 2.23. The first-order chi connectivity index (χ1) is 9.97. The first kappa shape index (κ1) is 16.0. The van der Waals surface area contributed by atoms with Crippen LogP contribution in [0.4, 0.5) is 0 Å². The highest BCUT2D eigenvalue weighted by Gasteiger charge is 2.20. The highest BCUT2D eigenvalue weighted by atomic mass is 32.2. The molecule has 0 unspecified atom stereocenters. The third-order valence-electron chi connectivity index (χ3n) is 4.04. The second-order valence-electron chi connectivity index (χ2n) is 5.79. The Bertz CT molecular complexity index is 572. The molecule has 1 saturated carbocycles. The van der Waals surface area contributed by atoms with Crippen LogP contribution in [0, 0.1) is 5.92 Å². The summed E-state index contributed by atoms with van der Waals surface area (Å²) >= 11 is 0. The van der Waals surface area contributed by atoms with Crippen molar-refractivity contribution in [1.82, 2.24) is 5.32 Å². The molecule has 1 aromatic carbocycles. The van der Waals surface area contributed by atoms with E-state index in [0.29, 0.717) is 11.4 Å². The quantitative estimate of drug-likeness (QED) is 0.908. The topological polar surface area (TPSA) is 63.2 Å². The average molecular weight is 309 g/mol.